The summed E-state index contributed by atoms with van der Waals surface area (Å²) in [5, 5.41) is 0. The lowest BCUT2D eigenvalue weighted by Gasteiger charge is -2.15. The molecule has 0 aliphatic heterocycles. The van der Waals surface area contributed by atoms with Crippen molar-refractivity contribution in [2.24, 2.45) is 5.73 Å². The molecule has 0 unspecified atom stereocenters. The molecule has 1 nitrogen and oxygen atoms in total. The molecule has 0 bridgehead atoms. The predicted octanol–water partition coefficient (Wildman–Crippen LogP) is 4.01. The first-order valence-electron chi connectivity index (χ1n) is 7.37. The summed E-state index contributed by atoms with van der Waals surface area (Å²) in [5.74, 6) is 0. The van der Waals surface area contributed by atoms with Gasteiger partial charge in [-0.25, -0.2) is 0 Å². The van der Waals surface area contributed by atoms with Crippen molar-refractivity contribution in [3.05, 3.63) is 69.3 Å². The van der Waals surface area contributed by atoms with Gasteiger partial charge in [0.25, 0.3) is 0 Å². The number of nitrogens with two attached hydrogens (primary N) is 1. The van der Waals surface area contributed by atoms with Crippen molar-refractivity contribution in [2.75, 3.05) is 6.54 Å². The van der Waals surface area contributed by atoms with Crippen molar-refractivity contribution in [1.82, 2.24) is 0 Å². The molecule has 2 aromatic rings. The Bertz CT molecular complexity index is 568. The third kappa shape index (κ3) is 3.10. The van der Waals surface area contributed by atoms with Gasteiger partial charge in [0.05, 0.1) is 0 Å². The van der Waals surface area contributed by atoms with Crippen LogP contribution in [0.5, 0.6) is 0 Å². The second-order valence-corrected chi connectivity index (χ2v) is 5.77. The molecule has 2 aromatic carbocycles. The van der Waals surface area contributed by atoms with Crippen molar-refractivity contribution >= 4 is 0 Å². The molecule has 2 N–H and O–H groups in total. The van der Waals surface area contributed by atoms with E-state index in [1.807, 2.05) is 0 Å². The molecule has 0 aliphatic carbocycles. The minimum absolute atomic E-state index is 0.717. The fraction of sp³-hybridized carbons (Fsp3) is 0.368. The molecule has 0 radical (unpaired) electrons. The normalized spacial score (nSPS) is 10.8. The van der Waals surface area contributed by atoms with Crippen molar-refractivity contribution < 1.29 is 0 Å². The molecule has 106 valence electrons. The molecule has 0 aromatic heterocycles. The molecule has 0 fully saturated rings. The van der Waals surface area contributed by atoms with Crippen LogP contribution in [-0.4, -0.2) is 6.54 Å². The molecule has 0 atom stereocenters. The zero-order chi connectivity index (χ0) is 14.7. The van der Waals surface area contributed by atoms with Crippen LogP contribution in [0.3, 0.4) is 0 Å². The summed E-state index contributed by atoms with van der Waals surface area (Å²) in [6, 6.07) is 11.2. The van der Waals surface area contributed by atoms with E-state index in [1.165, 1.54) is 38.9 Å². The van der Waals surface area contributed by atoms with Gasteiger partial charge < -0.3 is 5.73 Å². The molecule has 0 saturated heterocycles. The molecule has 1 heteroatoms. The van der Waals surface area contributed by atoms with Crippen molar-refractivity contribution in [3.8, 4) is 0 Å². The highest BCUT2D eigenvalue weighted by atomic mass is 14.5. The van der Waals surface area contributed by atoms with E-state index in [9.17, 15) is 0 Å². The molecule has 0 aliphatic rings. The fourth-order valence-corrected chi connectivity index (χ4v) is 2.76. The van der Waals surface area contributed by atoms with Crippen molar-refractivity contribution in [1.29, 1.82) is 0 Å². The van der Waals surface area contributed by atoms with Crippen LogP contribution in [0.25, 0.3) is 0 Å². The lowest BCUT2D eigenvalue weighted by molar-refractivity contribution is 0.966. The zero-order valence-corrected chi connectivity index (χ0v) is 13.1. The van der Waals surface area contributed by atoms with E-state index in [2.05, 4.69) is 58.0 Å². The summed E-state index contributed by atoms with van der Waals surface area (Å²) in [6.45, 7) is 9.60. The summed E-state index contributed by atoms with van der Waals surface area (Å²) < 4.78 is 0. The van der Waals surface area contributed by atoms with E-state index < -0.39 is 0 Å². The SMILES string of the molecule is Cc1cc(C)c(C)c(Cc2ccc(CCN)cc2)c1C. The van der Waals surface area contributed by atoms with Gasteiger partial charge in [-0.05, 0) is 86.0 Å². The Kier molecular flexibility index (Phi) is 4.61. The lowest BCUT2D eigenvalue weighted by atomic mass is 9.90. The van der Waals surface area contributed by atoms with Crippen LogP contribution < -0.4 is 5.73 Å². The maximum atomic E-state index is 5.60. The van der Waals surface area contributed by atoms with Gasteiger partial charge >= 0.3 is 0 Å². The van der Waals surface area contributed by atoms with Crippen LogP contribution in [0.2, 0.25) is 0 Å². The average Bonchev–Trinajstić information content (AvgIpc) is 2.43. The van der Waals surface area contributed by atoms with Crippen LogP contribution in [0.15, 0.2) is 30.3 Å². The molecular formula is C19H25N. The predicted molar refractivity (Wildman–Crippen MR) is 87.4 cm³/mol. The van der Waals surface area contributed by atoms with E-state index in [0.29, 0.717) is 6.54 Å². The smallest absolute Gasteiger partial charge is 0.00203 e. The summed E-state index contributed by atoms with van der Waals surface area (Å²) in [6.07, 6.45) is 1.98. The van der Waals surface area contributed by atoms with Gasteiger partial charge in [0.2, 0.25) is 0 Å². The maximum absolute atomic E-state index is 5.60. The zero-order valence-electron chi connectivity index (χ0n) is 13.1. The topological polar surface area (TPSA) is 26.0 Å². The lowest BCUT2D eigenvalue weighted by Crippen LogP contribution is -2.03. The molecule has 0 spiro atoms. The van der Waals surface area contributed by atoms with Gasteiger partial charge in [0.1, 0.15) is 0 Å². The van der Waals surface area contributed by atoms with E-state index in [4.69, 9.17) is 5.73 Å². The number of hydrogen-bond acceptors (Lipinski definition) is 1. The number of aryl methyl sites for hydroxylation is 2. The monoisotopic (exact) mass is 267 g/mol. The maximum Gasteiger partial charge on any atom is -0.00203 e. The Morgan fingerprint density at radius 1 is 0.800 bits per heavy atom. The van der Waals surface area contributed by atoms with Crippen LogP contribution in [0.4, 0.5) is 0 Å². The highest BCUT2D eigenvalue weighted by Crippen LogP contribution is 2.24. The number of benzene rings is 2. The van der Waals surface area contributed by atoms with E-state index in [1.54, 1.807) is 0 Å². The Morgan fingerprint density at radius 2 is 1.30 bits per heavy atom. The van der Waals surface area contributed by atoms with Crippen LogP contribution >= 0.6 is 0 Å². The van der Waals surface area contributed by atoms with Gasteiger partial charge in [-0.15, -0.1) is 0 Å². The van der Waals surface area contributed by atoms with Crippen LogP contribution in [-0.2, 0) is 12.8 Å². The first-order valence-corrected chi connectivity index (χ1v) is 7.37. The molecular weight excluding hydrogens is 242 g/mol. The summed E-state index contributed by atoms with van der Waals surface area (Å²) in [5.41, 5.74) is 15.4. The summed E-state index contributed by atoms with van der Waals surface area (Å²) >= 11 is 0. The van der Waals surface area contributed by atoms with Crippen molar-refractivity contribution in [2.45, 2.75) is 40.5 Å². The Morgan fingerprint density at radius 3 is 1.80 bits per heavy atom. The second kappa shape index (κ2) is 6.23. The first kappa shape index (κ1) is 14.8. The number of rotatable bonds is 4. The first-order chi connectivity index (χ1) is 9.52. The fourth-order valence-electron chi connectivity index (χ4n) is 2.76. The minimum atomic E-state index is 0.717. The molecule has 0 amide bonds. The van der Waals surface area contributed by atoms with E-state index in [0.717, 1.165) is 12.8 Å². The van der Waals surface area contributed by atoms with Crippen LogP contribution in [0.1, 0.15) is 38.9 Å². The standard InChI is InChI=1S/C19H25N/c1-13-11-14(2)16(4)19(15(13)3)12-18-7-5-17(6-8-18)9-10-20/h5-8,11H,9-10,12,20H2,1-4H3. The number of hydrogen-bond donors (Lipinski definition) is 1. The van der Waals surface area contributed by atoms with E-state index >= 15 is 0 Å². The third-order valence-electron chi connectivity index (χ3n) is 4.36. The second-order valence-electron chi connectivity index (χ2n) is 5.77. The van der Waals surface area contributed by atoms with E-state index in [-0.39, 0.29) is 0 Å². The molecule has 0 saturated carbocycles. The Balaban J connectivity index is 2.30. The van der Waals surface area contributed by atoms with Crippen LogP contribution in [0, 0.1) is 27.7 Å². The largest absolute Gasteiger partial charge is 0.330 e. The average molecular weight is 267 g/mol. The van der Waals surface area contributed by atoms with Gasteiger partial charge in [0, 0.05) is 0 Å². The summed E-state index contributed by atoms with van der Waals surface area (Å²) in [4.78, 5) is 0. The molecule has 0 heterocycles. The molecule has 20 heavy (non-hydrogen) atoms. The Labute approximate surface area is 122 Å². The van der Waals surface area contributed by atoms with Gasteiger partial charge in [0.15, 0.2) is 0 Å². The van der Waals surface area contributed by atoms with Gasteiger partial charge in [-0.1, -0.05) is 30.3 Å². The third-order valence-corrected chi connectivity index (χ3v) is 4.36. The summed E-state index contributed by atoms with van der Waals surface area (Å²) in [7, 11) is 0. The Hall–Kier alpha value is -1.60. The molecule has 2 rings (SSSR count). The van der Waals surface area contributed by atoms with Gasteiger partial charge in [-0.3, -0.25) is 0 Å². The quantitative estimate of drug-likeness (QED) is 0.890. The highest BCUT2D eigenvalue weighted by Gasteiger charge is 2.09. The van der Waals surface area contributed by atoms with Gasteiger partial charge in [-0.2, -0.15) is 0 Å². The minimum Gasteiger partial charge on any atom is -0.330 e. The van der Waals surface area contributed by atoms with Crippen molar-refractivity contribution in [3.63, 3.8) is 0 Å². The highest BCUT2D eigenvalue weighted by molar-refractivity contribution is 5.46.